The summed E-state index contributed by atoms with van der Waals surface area (Å²) in [5.41, 5.74) is 5.53. The molecule has 9 heteroatoms. The van der Waals surface area contributed by atoms with Gasteiger partial charge in [-0.25, -0.2) is 0 Å². The minimum absolute atomic E-state index is 0.116. The summed E-state index contributed by atoms with van der Waals surface area (Å²) in [7, 11) is 0. The molecule has 1 aliphatic rings. The van der Waals surface area contributed by atoms with E-state index in [0.717, 1.165) is 4.57 Å². The Hall–Kier alpha value is -1.25. The van der Waals surface area contributed by atoms with Crippen molar-refractivity contribution in [2.45, 2.75) is 37.5 Å². The van der Waals surface area contributed by atoms with Crippen LogP contribution in [-0.4, -0.2) is 27.0 Å². The van der Waals surface area contributed by atoms with E-state index in [-0.39, 0.29) is 18.8 Å². The zero-order chi connectivity index (χ0) is 12.8. The van der Waals surface area contributed by atoms with Crippen molar-refractivity contribution in [2.75, 3.05) is 0 Å². The fraction of sp³-hybridized carbons (Fsp3) is 0.750. The molecule has 2 heterocycles. The standard InChI is InChI=1S/C8H9F5N4/c9-7(10,8(11,12)13)6-16-15-5-2-1-4(14)3-17(5)6/h4H,1-3,14H2. The number of rotatable bonds is 1. The van der Waals surface area contributed by atoms with Crippen LogP contribution in [0.2, 0.25) is 0 Å². The van der Waals surface area contributed by atoms with Gasteiger partial charge in [0.2, 0.25) is 5.82 Å². The summed E-state index contributed by atoms with van der Waals surface area (Å²) in [6.07, 6.45) is -4.93. The Labute approximate surface area is 92.6 Å². The van der Waals surface area contributed by atoms with E-state index in [2.05, 4.69) is 10.2 Å². The summed E-state index contributed by atoms with van der Waals surface area (Å²) < 4.78 is 63.6. The highest BCUT2D eigenvalue weighted by Gasteiger charge is 2.62. The summed E-state index contributed by atoms with van der Waals surface area (Å²) in [5.74, 6) is -6.27. The lowest BCUT2D eigenvalue weighted by atomic mass is 10.1. The number of halogens is 5. The molecule has 1 atom stereocenters. The maximum absolute atomic E-state index is 13.1. The zero-order valence-electron chi connectivity index (χ0n) is 8.51. The van der Waals surface area contributed by atoms with Crippen LogP contribution in [0.5, 0.6) is 0 Å². The van der Waals surface area contributed by atoms with Gasteiger partial charge in [0.15, 0.2) is 0 Å². The molecule has 0 amide bonds. The minimum Gasteiger partial charge on any atom is -0.326 e. The minimum atomic E-state index is -5.68. The van der Waals surface area contributed by atoms with E-state index in [1.807, 2.05) is 0 Å². The van der Waals surface area contributed by atoms with Crippen molar-refractivity contribution in [1.29, 1.82) is 0 Å². The van der Waals surface area contributed by atoms with Crippen molar-refractivity contribution in [3.05, 3.63) is 11.6 Å². The number of aryl methyl sites for hydroxylation is 1. The molecule has 1 aromatic heterocycles. The molecular weight excluding hydrogens is 247 g/mol. The monoisotopic (exact) mass is 256 g/mol. The zero-order valence-corrected chi connectivity index (χ0v) is 8.51. The molecule has 2 N–H and O–H groups in total. The molecule has 0 fully saturated rings. The van der Waals surface area contributed by atoms with Crippen LogP contribution in [0.15, 0.2) is 0 Å². The highest BCUT2D eigenvalue weighted by molar-refractivity contribution is 5.08. The van der Waals surface area contributed by atoms with Crippen LogP contribution in [-0.2, 0) is 18.9 Å². The number of hydrogen-bond donors (Lipinski definition) is 1. The Morgan fingerprint density at radius 1 is 1.18 bits per heavy atom. The van der Waals surface area contributed by atoms with E-state index in [4.69, 9.17) is 5.73 Å². The molecule has 1 aliphatic heterocycles. The lowest BCUT2D eigenvalue weighted by Crippen LogP contribution is -2.40. The van der Waals surface area contributed by atoms with Crippen LogP contribution < -0.4 is 5.73 Å². The van der Waals surface area contributed by atoms with Gasteiger partial charge in [-0.3, -0.25) is 0 Å². The summed E-state index contributed by atoms with van der Waals surface area (Å²) >= 11 is 0. The van der Waals surface area contributed by atoms with Gasteiger partial charge in [-0.1, -0.05) is 0 Å². The lowest BCUT2D eigenvalue weighted by Gasteiger charge is -2.24. The van der Waals surface area contributed by atoms with Gasteiger partial charge in [-0.2, -0.15) is 22.0 Å². The Morgan fingerprint density at radius 2 is 1.82 bits per heavy atom. The molecule has 17 heavy (non-hydrogen) atoms. The molecule has 0 saturated heterocycles. The van der Waals surface area contributed by atoms with Gasteiger partial charge in [0, 0.05) is 19.0 Å². The molecule has 1 unspecified atom stereocenters. The van der Waals surface area contributed by atoms with Crippen molar-refractivity contribution in [3.8, 4) is 0 Å². The van der Waals surface area contributed by atoms with Crippen LogP contribution in [0.1, 0.15) is 18.1 Å². The lowest BCUT2D eigenvalue weighted by molar-refractivity contribution is -0.293. The SMILES string of the molecule is NC1CCc2nnc(C(F)(F)C(F)(F)F)n2C1. The van der Waals surface area contributed by atoms with E-state index < -0.39 is 24.0 Å². The van der Waals surface area contributed by atoms with Crippen molar-refractivity contribution in [1.82, 2.24) is 14.8 Å². The predicted octanol–water partition coefficient (Wildman–Crippen LogP) is 1.21. The van der Waals surface area contributed by atoms with Crippen LogP contribution in [0.4, 0.5) is 22.0 Å². The molecule has 96 valence electrons. The average Bonchev–Trinajstić information content (AvgIpc) is 2.58. The Kier molecular flexibility index (Phi) is 2.60. The second-order valence-electron chi connectivity index (χ2n) is 3.92. The van der Waals surface area contributed by atoms with Crippen molar-refractivity contribution in [2.24, 2.45) is 5.73 Å². The van der Waals surface area contributed by atoms with Crippen molar-refractivity contribution < 1.29 is 22.0 Å². The fourth-order valence-corrected chi connectivity index (χ4v) is 1.71. The van der Waals surface area contributed by atoms with Gasteiger partial charge in [0.1, 0.15) is 5.82 Å². The van der Waals surface area contributed by atoms with Gasteiger partial charge in [-0.05, 0) is 6.42 Å². The number of alkyl halides is 5. The van der Waals surface area contributed by atoms with Gasteiger partial charge in [0.05, 0.1) is 0 Å². The third kappa shape index (κ3) is 1.88. The largest absolute Gasteiger partial charge is 0.461 e. The number of fused-ring (bicyclic) bond motifs is 1. The third-order valence-electron chi connectivity index (χ3n) is 2.62. The van der Waals surface area contributed by atoms with Crippen LogP contribution in [0.25, 0.3) is 0 Å². The Bertz CT molecular complexity index is 424. The first-order valence-corrected chi connectivity index (χ1v) is 4.86. The smallest absolute Gasteiger partial charge is 0.326 e. The predicted molar refractivity (Wildman–Crippen MR) is 46.3 cm³/mol. The average molecular weight is 256 g/mol. The maximum Gasteiger partial charge on any atom is 0.461 e. The highest BCUT2D eigenvalue weighted by Crippen LogP contribution is 2.43. The van der Waals surface area contributed by atoms with E-state index >= 15 is 0 Å². The second-order valence-corrected chi connectivity index (χ2v) is 3.92. The van der Waals surface area contributed by atoms with E-state index in [9.17, 15) is 22.0 Å². The molecule has 0 spiro atoms. The molecule has 2 rings (SSSR count). The molecule has 0 aromatic carbocycles. The van der Waals surface area contributed by atoms with Gasteiger partial charge in [-0.15, -0.1) is 10.2 Å². The van der Waals surface area contributed by atoms with Crippen LogP contribution in [0, 0.1) is 0 Å². The quantitative estimate of drug-likeness (QED) is 0.768. The topological polar surface area (TPSA) is 56.7 Å². The number of nitrogens with two attached hydrogens (primary N) is 1. The molecule has 0 aliphatic carbocycles. The highest BCUT2D eigenvalue weighted by atomic mass is 19.4. The van der Waals surface area contributed by atoms with Crippen molar-refractivity contribution >= 4 is 0 Å². The Morgan fingerprint density at radius 3 is 2.41 bits per heavy atom. The third-order valence-corrected chi connectivity index (χ3v) is 2.62. The van der Waals surface area contributed by atoms with Crippen LogP contribution >= 0.6 is 0 Å². The summed E-state index contributed by atoms with van der Waals surface area (Å²) in [5, 5.41) is 6.31. The summed E-state index contributed by atoms with van der Waals surface area (Å²) in [6, 6.07) is -0.457. The maximum atomic E-state index is 13.1. The molecular formula is C8H9F5N4. The van der Waals surface area contributed by atoms with Gasteiger partial charge < -0.3 is 10.3 Å². The van der Waals surface area contributed by atoms with E-state index in [1.165, 1.54) is 0 Å². The first-order chi connectivity index (χ1) is 7.73. The first kappa shape index (κ1) is 12.2. The van der Waals surface area contributed by atoms with Crippen molar-refractivity contribution in [3.63, 3.8) is 0 Å². The number of nitrogens with zero attached hydrogens (tertiary/aromatic N) is 3. The molecule has 4 nitrogen and oxygen atoms in total. The number of hydrogen-bond acceptors (Lipinski definition) is 3. The first-order valence-electron chi connectivity index (χ1n) is 4.86. The molecule has 1 aromatic rings. The van der Waals surface area contributed by atoms with E-state index in [1.54, 1.807) is 0 Å². The summed E-state index contributed by atoms with van der Waals surface area (Å²) in [4.78, 5) is 0. The normalized spacial score (nSPS) is 21.4. The molecule has 0 saturated carbocycles. The fourth-order valence-electron chi connectivity index (χ4n) is 1.71. The second kappa shape index (κ2) is 3.62. The Balaban J connectivity index is 2.44. The molecule has 0 bridgehead atoms. The van der Waals surface area contributed by atoms with Crippen LogP contribution in [0.3, 0.4) is 0 Å². The molecule has 0 radical (unpaired) electrons. The number of aromatic nitrogens is 3. The van der Waals surface area contributed by atoms with E-state index in [0.29, 0.717) is 6.42 Å². The summed E-state index contributed by atoms with van der Waals surface area (Å²) in [6.45, 7) is -0.122. The van der Waals surface area contributed by atoms with Gasteiger partial charge >= 0.3 is 12.1 Å². The van der Waals surface area contributed by atoms with Gasteiger partial charge in [0.25, 0.3) is 0 Å².